The summed E-state index contributed by atoms with van der Waals surface area (Å²) in [7, 11) is 2.16. The Hall–Kier alpha value is -1.13. The molecule has 1 atom stereocenters. The maximum absolute atomic E-state index is 9.56. The highest BCUT2D eigenvalue weighted by atomic mass is 16.3. The highest BCUT2D eigenvalue weighted by molar-refractivity contribution is 5.51. The first-order valence-corrected chi connectivity index (χ1v) is 6.56. The van der Waals surface area contributed by atoms with Crippen LogP contribution in [0.4, 0.5) is 5.82 Å². The summed E-state index contributed by atoms with van der Waals surface area (Å²) >= 11 is 0. The summed E-state index contributed by atoms with van der Waals surface area (Å²) in [6, 6.07) is 2.56. The Kier molecular flexibility index (Phi) is 3.88. The van der Waals surface area contributed by atoms with E-state index in [2.05, 4.69) is 28.8 Å². The minimum Gasteiger partial charge on any atom is -0.392 e. The third-order valence-electron chi connectivity index (χ3n) is 3.87. The van der Waals surface area contributed by atoms with Crippen molar-refractivity contribution in [1.29, 1.82) is 0 Å². The summed E-state index contributed by atoms with van der Waals surface area (Å²) in [6.45, 7) is 9.34. The van der Waals surface area contributed by atoms with Gasteiger partial charge in [-0.25, -0.2) is 4.98 Å². The van der Waals surface area contributed by atoms with Gasteiger partial charge in [-0.2, -0.15) is 0 Å². The van der Waals surface area contributed by atoms with Crippen molar-refractivity contribution >= 4 is 5.82 Å². The molecule has 100 valence electrons. The molecule has 1 aromatic heterocycles. The third-order valence-corrected chi connectivity index (χ3v) is 3.87. The van der Waals surface area contributed by atoms with E-state index in [9.17, 15) is 5.11 Å². The molecular weight excluding hydrogens is 226 g/mol. The molecule has 0 bridgehead atoms. The fraction of sp³-hybridized carbons (Fsp3) is 0.643. The van der Waals surface area contributed by atoms with Gasteiger partial charge in [0, 0.05) is 36.9 Å². The van der Waals surface area contributed by atoms with Crippen molar-refractivity contribution in [1.82, 2.24) is 9.88 Å². The van der Waals surface area contributed by atoms with Crippen LogP contribution in [-0.2, 0) is 6.61 Å². The number of aliphatic hydroxyl groups is 1. The van der Waals surface area contributed by atoms with Gasteiger partial charge >= 0.3 is 0 Å². The fourth-order valence-corrected chi connectivity index (χ4v) is 2.54. The van der Waals surface area contributed by atoms with Crippen LogP contribution >= 0.6 is 0 Å². The lowest BCUT2D eigenvalue weighted by atomic mass is 10.1. The van der Waals surface area contributed by atoms with Crippen LogP contribution in [0.5, 0.6) is 0 Å². The molecule has 2 rings (SSSR count). The second-order valence-electron chi connectivity index (χ2n) is 5.32. The van der Waals surface area contributed by atoms with Gasteiger partial charge in [0.1, 0.15) is 5.82 Å². The summed E-state index contributed by atoms with van der Waals surface area (Å²) in [6.07, 6.45) is 0. The number of anilines is 1. The van der Waals surface area contributed by atoms with E-state index in [1.54, 1.807) is 0 Å². The Morgan fingerprint density at radius 3 is 2.72 bits per heavy atom. The first kappa shape index (κ1) is 13.3. The third kappa shape index (κ3) is 2.49. The number of hydrogen-bond donors (Lipinski definition) is 1. The van der Waals surface area contributed by atoms with E-state index in [4.69, 9.17) is 0 Å². The number of piperazine rings is 1. The molecule has 0 amide bonds. The molecule has 0 aromatic carbocycles. The molecular formula is C14H23N3O. The van der Waals surface area contributed by atoms with Crippen LogP contribution in [0, 0.1) is 13.8 Å². The highest BCUT2D eigenvalue weighted by Gasteiger charge is 2.24. The van der Waals surface area contributed by atoms with E-state index in [0.717, 1.165) is 42.3 Å². The van der Waals surface area contributed by atoms with Gasteiger partial charge < -0.3 is 14.9 Å². The van der Waals surface area contributed by atoms with Crippen molar-refractivity contribution in [2.75, 3.05) is 31.6 Å². The SMILES string of the molecule is Cc1cc(C)c(CO)c(N2CCN(C)C(C)C2)n1. The summed E-state index contributed by atoms with van der Waals surface area (Å²) in [5, 5.41) is 9.56. The zero-order chi connectivity index (χ0) is 13.3. The Balaban J connectivity index is 2.33. The van der Waals surface area contributed by atoms with Crippen molar-refractivity contribution in [2.24, 2.45) is 0 Å². The average molecular weight is 249 g/mol. The van der Waals surface area contributed by atoms with Crippen LogP contribution < -0.4 is 4.90 Å². The van der Waals surface area contributed by atoms with Crippen LogP contribution in [0.2, 0.25) is 0 Å². The zero-order valence-corrected chi connectivity index (χ0v) is 11.8. The molecule has 0 saturated carbocycles. The number of aryl methyl sites for hydroxylation is 2. The zero-order valence-electron chi connectivity index (χ0n) is 11.8. The summed E-state index contributed by atoms with van der Waals surface area (Å²) in [4.78, 5) is 9.30. The molecule has 0 aliphatic carbocycles. The van der Waals surface area contributed by atoms with E-state index in [1.165, 1.54) is 0 Å². The molecule has 1 unspecified atom stereocenters. The Morgan fingerprint density at radius 1 is 1.39 bits per heavy atom. The number of aromatic nitrogens is 1. The maximum atomic E-state index is 9.56. The molecule has 4 heteroatoms. The summed E-state index contributed by atoms with van der Waals surface area (Å²) < 4.78 is 0. The van der Waals surface area contributed by atoms with Crippen LogP contribution in [0.3, 0.4) is 0 Å². The van der Waals surface area contributed by atoms with Crippen LogP contribution in [0.1, 0.15) is 23.7 Å². The summed E-state index contributed by atoms with van der Waals surface area (Å²) in [5.41, 5.74) is 3.12. The van der Waals surface area contributed by atoms with E-state index in [0.29, 0.717) is 6.04 Å². The second kappa shape index (κ2) is 5.24. The van der Waals surface area contributed by atoms with E-state index in [1.807, 2.05) is 19.9 Å². The lowest BCUT2D eigenvalue weighted by molar-refractivity contribution is 0.232. The van der Waals surface area contributed by atoms with Crippen molar-refractivity contribution in [3.63, 3.8) is 0 Å². The normalized spacial score (nSPS) is 21.4. The molecule has 1 saturated heterocycles. The Labute approximate surface area is 109 Å². The number of likely N-dealkylation sites (N-methyl/N-ethyl adjacent to an activating group) is 1. The largest absolute Gasteiger partial charge is 0.392 e. The van der Waals surface area contributed by atoms with Crippen molar-refractivity contribution in [2.45, 2.75) is 33.4 Å². The Bertz CT molecular complexity index is 433. The minimum absolute atomic E-state index is 0.0646. The number of hydrogen-bond acceptors (Lipinski definition) is 4. The fourth-order valence-electron chi connectivity index (χ4n) is 2.54. The van der Waals surface area contributed by atoms with Gasteiger partial charge in [-0.15, -0.1) is 0 Å². The molecule has 1 aliphatic rings. The standard InChI is InChI=1S/C14H23N3O/c1-10-7-11(2)15-14(13(10)9-18)17-6-5-16(4)12(3)8-17/h7,12,18H,5-6,8-9H2,1-4H3. The van der Waals surface area contributed by atoms with Gasteiger partial charge in [0.25, 0.3) is 0 Å². The van der Waals surface area contributed by atoms with Crippen molar-refractivity contribution in [3.8, 4) is 0 Å². The number of rotatable bonds is 2. The molecule has 18 heavy (non-hydrogen) atoms. The van der Waals surface area contributed by atoms with E-state index < -0.39 is 0 Å². The van der Waals surface area contributed by atoms with Crippen molar-refractivity contribution < 1.29 is 5.11 Å². The minimum atomic E-state index is 0.0646. The van der Waals surface area contributed by atoms with E-state index in [-0.39, 0.29) is 6.61 Å². The maximum Gasteiger partial charge on any atom is 0.134 e. The first-order valence-electron chi connectivity index (χ1n) is 6.56. The summed E-state index contributed by atoms with van der Waals surface area (Å²) in [5.74, 6) is 0.968. The molecule has 0 radical (unpaired) electrons. The second-order valence-corrected chi connectivity index (χ2v) is 5.32. The Morgan fingerprint density at radius 2 is 2.11 bits per heavy atom. The van der Waals surface area contributed by atoms with Gasteiger partial charge in [0.2, 0.25) is 0 Å². The van der Waals surface area contributed by atoms with Gasteiger partial charge in [0.05, 0.1) is 6.61 Å². The van der Waals surface area contributed by atoms with E-state index >= 15 is 0 Å². The molecule has 1 fully saturated rings. The van der Waals surface area contributed by atoms with Crippen LogP contribution in [-0.4, -0.2) is 47.7 Å². The monoisotopic (exact) mass is 249 g/mol. The molecule has 1 N–H and O–H groups in total. The number of nitrogens with zero attached hydrogens (tertiary/aromatic N) is 3. The van der Waals surface area contributed by atoms with Gasteiger partial charge in [-0.3, -0.25) is 0 Å². The molecule has 2 heterocycles. The van der Waals surface area contributed by atoms with Gasteiger partial charge in [0.15, 0.2) is 0 Å². The molecule has 0 spiro atoms. The molecule has 4 nitrogen and oxygen atoms in total. The van der Waals surface area contributed by atoms with Gasteiger partial charge in [-0.1, -0.05) is 0 Å². The van der Waals surface area contributed by atoms with Crippen LogP contribution in [0.15, 0.2) is 6.07 Å². The van der Waals surface area contributed by atoms with Crippen LogP contribution in [0.25, 0.3) is 0 Å². The highest BCUT2D eigenvalue weighted by Crippen LogP contribution is 2.24. The molecule has 1 aliphatic heterocycles. The molecule has 1 aromatic rings. The van der Waals surface area contributed by atoms with Crippen molar-refractivity contribution in [3.05, 3.63) is 22.9 Å². The number of pyridine rings is 1. The lowest BCUT2D eigenvalue weighted by Crippen LogP contribution is -2.50. The quantitative estimate of drug-likeness (QED) is 0.858. The predicted octanol–water partition coefficient (Wildman–Crippen LogP) is 1.33. The lowest BCUT2D eigenvalue weighted by Gasteiger charge is -2.39. The smallest absolute Gasteiger partial charge is 0.134 e. The average Bonchev–Trinajstić information content (AvgIpc) is 2.32. The predicted molar refractivity (Wildman–Crippen MR) is 73.9 cm³/mol. The topological polar surface area (TPSA) is 39.6 Å². The van der Waals surface area contributed by atoms with Gasteiger partial charge in [-0.05, 0) is 39.4 Å². The first-order chi connectivity index (χ1) is 8.52. The number of aliphatic hydroxyl groups excluding tert-OH is 1.